The van der Waals surface area contributed by atoms with Crippen LogP contribution in [0, 0.1) is 0 Å². The molecule has 0 aromatic carbocycles. The van der Waals surface area contributed by atoms with Gasteiger partial charge >= 0.3 is 5.97 Å². The van der Waals surface area contributed by atoms with Crippen molar-refractivity contribution in [3.05, 3.63) is 24.3 Å². The fourth-order valence-corrected chi connectivity index (χ4v) is 8.60. The minimum atomic E-state index is -0.532. The molecule has 1 N–H and O–H groups in total. The Morgan fingerprint density at radius 3 is 1.02 bits per heavy atom. The minimum Gasteiger partial charge on any atom is -0.457 e. The van der Waals surface area contributed by atoms with E-state index in [0.29, 0.717) is 19.6 Å². The topological polar surface area (TPSA) is 55.8 Å². The maximum absolute atomic E-state index is 12.3. The second kappa shape index (κ2) is 55.0. The number of aliphatic hydroxyl groups excluding tert-OH is 1. The Kier molecular flexibility index (Phi) is 54.0. The fourth-order valence-electron chi connectivity index (χ4n) is 8.60. The van der Waals surface area contributed by atoms with E-state index in [1.165, 1.54) is 263 Å². The molecule has 0 radical (unpaired) electrons. The van der Waals surface area contributed by atoms with Gasteiger partial charge < -0.3 is 14.6 Å². The number of hydrogen-bond donors (Lipinski definition) is 1. The third-order valence-electron chi connectivity index (χ3n) is 12.8. The quantitative estimate of drug-likeness (QED) is 0.0376. The summed E-state index contributed by atoms with van der Waals surface area (Å²) in [5.74, 6) is -0.196. The van der Waals surface area contributed by atoms with Gasteiger partial charge in [-0.2, -0.15) is 0 Å². The molecule has 0 fully saturated rings. The van der Waals surface area contributed by atoms with Gasteiger partial charge in [-0.05, 0) is 44.9 Å². The van der Waals surface area contributed by atoms with Crippen molar-refractivity contribution >= 4 is 5.97 Å². The Balaban J connectivity index is 3.34. The number of esters is 1. The zero-order valence-electron chi connectivity index (χ0n) is 41.7. The summed E-state index contributed by atoms with van der Waals surface area (Å²) in [5.41, 5.74) is 0. The Morgan fingerprint density at radius 1 is 0.393 bits per heavy atom. The van der Waals surface area contributed by atoms with Crippen molar-refractivity contribution in [3.63, 3.8) is 0 Å². The molecule has 362 valence electrons. The van der Waals surface area contributed by atoms with Crippen LogP contribution in [0.5, 0.6) is 0 Å². The maximum atomic E-state index is 12.3. The SMILES string of the molecule is CCCCCCC/C=C\C/C=C\CCCCCCCCCCCCCC(=O)OC(CO)COCCCCCCCCCCCCCCCCCCCCCCCCCCCC. The van der Waals surface area contributed by atoms with Gasteiger partial charge in [0.05, 0.1) is 13.2 Å². The molecule has 0 saturated heterocycles. The van der Waals surface area contributed by atoms with E-state index in [9.17, 15) is 9.90 Å². The average molecular weight is 860 g/mol. The molecule has 0 spiro atoms. The summed E-state index contributed by atoms with van der Waals surface area (Å²) >= 11 is 0. The maximum Gasteiger partial charge on any atom is 0.306 e. The number of aliphatic hydroxyl groups is 1. The van der Waals surface area contributed by atoms with E-state index in [-0.39, 0.29) is 12.6 Å². The molecule has 0 rings (SSSR count). The Hall–Kier alpha value is -1.13. The van der Waals surface area contributed by atoms with Crippen LogP contribution in [0.15, 0.2) is 24.3 Å². The number of hydrogen-bond acceptors (Lipinski definition) is 4. The van der Waals surface area contributed by atoms with Crippen LogP contribution >= 0.6 is 0 Å². The molecule has 0 aliphatic heterocycles. The first-order valence-electron chi connectivity index (χ1n) is 27.9. The molecule has 0 bridgehead atoms. The summed E-state index contributed by atoms with van der Waals surface area (Å²) < 4.78 is 11.2. The van der Waals surface area contributed by atoms with Gasteiger partial charge in [0.15, 0.2) is 0 Å². The summed E-state index contributed by atoms with van der Waals surface area (Å²) in [6.07, 6.45) is 70.1. The van der Waals surface area contributed by atoms with Crippen molar-refractivity contribution in [1.82, 2.24) is 0 Å². The largest absolute Gasteiger partial charge is 0.457 e. The lowest BCUT2D eigenvalue weighted by molar-refractivity contribution is -0.154. The number of unbranched alkanes of at least 4 members (excludes halogenated alkanes) is 41. The van der Waals surface area contributed by atoms with Crippen LogP contribution in [0.2, 0.25) is 0 Å². The van der Waals surface area contributed by atoms with Gasteiger partial charge in [0, 0.05) is 13.0 Å². The number of carbonyl (C=O) groups excluding carboxylic acids is 1. The number of ether oxygens (including phenoxy) is 2. The Bertz CT molecular complexity index is 867. The molecule has 0 aliphatic rings. The van der Waals surface area contributed by atoms with E-state index in [0.717, 1.165) is 25.7 Å². The fraction of sp³-hybridized carbons (Fsp3) is 0.912. The second-order valence-electron chi connectivity index (χ2n) is 19.0. The number of allylic oxidation sites excluding steroid dienone is 4. The first-order chi connectivity index (χ1) is 30.2. The predicted molar refractivity (Wildman–Crippen MR) is 270 cm³/mol. The highest BCUT2D eigenvalue weighted by atomic mass is 16.6. The molecule has 61 heavy (non-hydrogen) atoms. The Morgan fingerprint density at radius 2 is 0.689 bits per heavy atom. The summed E-state index contributed by atoms with van der Waals surface area (Å²) in [7, 11) is 0. The van der Waals surface area contributed by atoms with Gasteiger partial charge in [-0.3, -0.25) is 4.79 Å². The van der Waals surface area contributed by atoms with Gasteiger partial charge in [0.1, 0.15) is 6.10 Å². The van der Waals surface area contributed by atoms with Crippen LogP contribution in [-0.2, 0) is 14.3 Å². The molecule has 0 amide bonds. The second-order valence-corrected chi connectivity index (χ2v) is 19.0. The van der Waals surface area contributed by atoms with Crippen molar-refractivity contribution in [2.75, 3.05) is 19.8 Å². The van der Waals surface area contributed by atoms with Crippen LogP contribution in [-0.4, -0.2) is 37.0 Å². The summed E-state index contributed by atoms with van der Waals surface area (Å²) in [5, 5.41) is 9.67. The monoisotopic (exact) mass is 859 g/mol. The van der Waals surface area contributed by atoms with Crippen molar-refractivity contribution in [1.29, 1.82) is 0 Å². The van der Waals surface area contributed by atoms with Crippen LogP contribution in [0.3, 0.4) is 0 Å². The molecular formula is C57H110O4. The summed E-state index contributed by atoms with van der Waals surface area (Å²) in [4.78, 5) is 12.3. The smallest absolute Gasteiger partial charge is 0.306 e. The lowest BCUT2D eigenvalue weighted by Crippen LogP contribution is -2.27. The average Bonchev–Trinajstić information content (AvgIpc) is 3.27. The molecule has 0 aliphatic carbocycles. The first-order valence-corrected chi connectivity index (χ1v) is 27.9. The van der Waals surface area contributed by atoms with Gasteiger partial charge in [-0.15, -0.1) is 0 Å². The summed E-state index contributed by atoms with van der Waals surface area (Å²) in [6, 6.07) is 0. The van der Waals surface area contributed by atoms with E-state index in [1.807, 2.05) is 0 Å². The highest BCUT2D eigenvalue weighted by molar-refractivity contribution is 5.69. The lowest BCUT2D eigenvalue weighted by Gasteiger charge is -2.16. The third kappa shape index (κ3) is 53.1. The van der Waals surface area contributed by atoms with Gasteiger partial charge in [0.2, 0.25) is 0 Å². The van der Waals surface area contributed by atoms with E-state index in [4.69, 9.17) is 9.47 Å². The summed E-state index contributed by atoms with van der Waals surface area (Å²) in [6.45, 7) is 5.40. The first kappa shape index (κ1) is 59.9. The predicted octanol–water partition coefficient (Wildman–Crippen LogP) is 19.0. The van der Waals surface area contributed by atoms with E-state index in [2.05, 4.69) is 38.2 Å². The van der Waals surface area contributed by atoms with Crippen molar-refractivity contribution in [2.24, 2.45) is 0 Å². The van der Waals surface area contributed by atoms with Crippen LogP contribution in [0.4, 0.5) is 0 Å². The molecule has 1 atom stereocenters. The molecule has 0 aromatic heterocycles. The van der Waals surface area contributed by atoms with Crippen molar-refractivity contribution in [3.8, 4) is 0 Å². The minimum absolute atomic E-state index is 0.167. The number of rotatable bonds is 53. The molecule has 1 unspecified atom stereocenters. The molecule has 0 saturated carbocycles. The van der Waals surface area contributed by atoms with Gasteiger partial charge in [0.25, 0.3) is 0 Å². The third-order valence-corrected chi connectivity index (χ3v) is 12.8. The van der Waals surface area contributed by atoms with Crippen LogP contribution in [0.25, 0.3) is 0 Å². The molecule has 0 aromatic rings. The zero-order chi connectivity index (χ0) is 44.0. The van der Waals surface area contributed by atoms with Crippen molar-refractivity contribution < 1.29 is 19.4 Å². The standard InChI is InChI=1S/C57H110O4/c1-3-5-7-9-11-13-15-17-19-21-23-25-27-28-29-31-33-35-37-39-41-43-45-47-49-51-53-60-55-56(54-58)61-57(59)52-50-48-46-44-42-40-38-36-34-32-30-26-24-22-20-18-16-14-12-10-8-6-4-2/h16,18,22,24,56,58H,3-15,17,19-21,23,25-55H2,1-2H3/b18-16-,24-22-. The molecular weight excluding hydrogens is 749 g/mol. The van der Waals surface area contributed by atoms with Crippen molar-refractivity contribution in [2.45, 2.75) is 315 Å². The molecule has 4 nitrogen and oxygen atoms in total. The zero-order valence-corrected chi connectivity index (χ0v) is 41.7. The van der Waals surface area contributed by atoms with E-state index < -0.39 is 6.10 Å². The van der Waals surface area contributed by atoms with Crippen LogP contribution in [0.1, 0.15) is 309 Å². The van der Waals surface area contributed by atoms with Gasteiger partial charge in [-0.25, -0.2) is 0 Å². The van der Waals surface area contributed by atoms with Crippen LogP contribution < -0.4 is 0 Å². The number of carbonyl (C=O) groups is 1. The highest BCUT2D eigenvalue weighted by Crippen LogP contribution is 2.17. The lowest BCUT2D eigenvalue weighted by atomic mass is 10.0. The Labute approximate surface area is 383 Å². The molecule has 4 heteroatoms. The van der Waals surface area contributed by atoms with Gasteiger partial charge in [-0.1, -0.05) is 282 Å². The normalized spacial score (nSPS) is 12.4. The van der Waals surface area contributed by atoms with E-state index in [1.54, 1.807) is 0 Å². The highest BCUT2D eigenvalue weighted by Gasteiger charge is 2.13. The molecule has 0 heterocycles. The van der Waals surface area contributed by atoms with E-state index >= 15 is 0 Å².